The molecule has 5 heteroatoms. The van der Waals surface area contributed by atoms with Gasteiger partial charge in [0.25, 0.3) is 0 Å². The van der Waals surface area contributed by atoms with Crippen LogP contribution >= 0.6 is 0 Å². The van der Waals surface area contributed by atoms with Crippen LogP contribution in [-0.4, -0.2) is 28.6 Å². The molecule has 0 saturated carbocycles. The van der Waals surface area contributed by atoms with Gasteiger partial charge < -0.3 is 15.5 Å². The first-order chi connectivity index (χ1) is 17.0. The molecular weight excluding hydrogens is 438 g/mol. The summed E-state index contributed by atoms with van der Waals surface area (Å²) in [5.74, 6) is -3.89. The lowest BCUT2D eigenvalue weighted by atomic mass is 9.51. The zero-order chi connectivity index (χ0) is 24.8. The van der Waals surface area contributed by atoms with Crippen LogP contribution in [0.15, 0.2) is 48.5 Å². The second kappa shape index (κ2) is 11.4. The quantitative estimate of drug-likeness (QED) is 0.321. The molecule has 0 aromatic heterocycles. The number of fused-ring (bicyclic) bond motifs is 1. The third-order valence-corrected chi connectivity index (χ3v) is 7.98. The molecule has 188 valence electrons. The van der Waals surface area contributed by atoms with Crippen molar-refractivity contribution in [2.24, 2.45) is 11.8 Å². The maximum absolute atomic E-state index is 13.4. The molecule has 2 unspecified atom stereocenters. The lowest BCUT2D eigenvalue weighted by molar-refractivity contribution is -0.162. The number of amides is 1. The van der Waals surface area contributed by atoms with E-state index in [9.17, 15) is 19.8 Å². The first-order valence-electron chi connectivity index (χ1n) is 13.4. The van der Waals surface area contributed by atoms with Crippen molar-refractivity contribution in [3.8, 4) is 0 Å². The molecule has 0 fully saturated rings. The fourth-order valence-corrected chi connectivity index (χ4v) is 6.29. The van der Waals surface area contributed by atoms with E-state index in [0.29, 0.717) is 17.7 Å². The molecule has 3 N–H and O–H groups in total. The van der Waals surface area contributed by atoms with Gasteiger partial charge >= 0.3 is 5.97 Å². The standard InChI is InChI=1S/C30H39NO4/c1-2-3-4-5-6-7-8-9-10-15-20-31-28(32)26-25-21-16-11-13-18-23(21)30(35,27(26)29(33)34)24-19-14-12-17-22(24)25/h11-14,16-19,25-27,35H,2-10,15,20H2,1H3,(H,31,32)(H,33,34). The van der Waals surface area contributed by atoms with Gasteiger partial charge in [-0.05, 0) is 28.7 Å². The Morgan fingerprint density at radius 3 is 1.80 bits per heavy atom. The molecular formula is C30H39NO4. The number of carbonyl (C=O) groups excluding carboxylic acids is 1. The highest BCUT2D eigenvalue weighted by atomic mass is 16.4. The molecule has 5 rings (SSSR count). The minimum absolute atomic E-state index is 0.277. The Hall–Kier alpha value is -2.66. The molecule has 5 nitrogen and oxygen atoms in total. The van der Waals surface area contributed by atoms with E-state index in [1.54, 1.807) is 12.1 Å². The predicted molar refractivity (Wildman–Crippen MR) is 137 cm³/mol. The van der Waals surface area contributed by atoms with Gasteiger partial charge in [-0.15, -0.1) is 0 Å². The van der Waals surface area contributed by atoms with Crippen LogP contribution in [0.2, 0.25) is 0 Å². The normalized spacial score (nSPS) is 24.0. The summed E-state index contributed by atoms with van der Waals surface area (Å²) in [7, 11) is 0. The van der Waals surface area contributed by atoms with Crippen molar-refractivity contribution in [2.45, 2.75) is 82.7 Å². The minimum Gasteiger partial charge on any atom is -0.481 e. The van der Waals surface area contributed by atoms with Crippen LogP contribution in [0.1, 0.15) is 99.3 Å². The summed E-state index contributed by atoms with van der Waals surface area (Å²) in [5, 5.41) is 25.2. The average Bonchev–Trinajstić information content (AvgIpc) is 2.87. The van der Waals surface area contributed by atoms with E-state index in [0.717, 1.165) is 30.4 Å². The average molecular weight is 478 g/mol. The second-order valence-corrected chi connectivity index (χ2v) is 10.2. The second-order valence-electron chi connectivity index (χ2n) is 10.2. The van der Waals surface area contributed by atoms with Crippen molar-refractivity contribution in [1.29, 1.82) is 0 Å². The van der Waals surface area contributed by atoms with Gasteiger partial charge in [0.2, 0.25) is 5.91 Å². The van der Waals surface area contributed by atoms with Gasteiger partial charge in [0.05, 0.1) is 5.92 Å². The van der Waals surface area contributed by atoms with E-state index >= 15 is 0 Å². The molecule has 2 atom stereocenters. The van der Waals surface area contributed by atoms with Gasteiger partial charge in [-0.25, -0.2) is 0 Å². The fourth-order valence-electron chi connectivity index (χ4n) is 6.29. The first-order valence-corrected chi connectivity index (χ1v) is 13.4. The molecule has 0 heterocycles. The zero-order valence-electron chi connectivity index (χ0n) is 20.8. The van der Waals surface area contributed by atoms with Gasteiger partial charge in [-0.2, -0.15) is 0 Å². The molecule has 35 heavy (non-hydrogen) atoms. The molecule has 2 aromatic rings. The summed E-state index contributed by atoms with van der Waals surface area (Å²) in [5.41, 5.74) is 1.19. The van der Waals surface area contributed by atoms with Crippen LogP contribution in [0.3, 0.4) is 0 Å². The predicted octanol–water partition coefficient (Wildman–Crippen LogP) is 5.74. The van der Waals surface area contributed by atoms with E-state index < -0.39 is 23.4 Å². The Labute approximate surface area is 209 Å². The smallest absolute Gasteiger partial charge is 0.311 e. The number of carboxylic acids is 1. The topological polar surface area (TPSA) is 86.6 Å². The van der Waals surface area contributed by atoms with Crippen molar-refractivity contribution >= 4 is 11.9 Å². The molecule has 1 amide bonds. The van der Waals surface area contributed by atoms with Crippen molar-refractivity contribution in [3.05, 3.63) is 70.8 Å². The summed E-state index contributed by atoms with van der Waals surface area (Å²) >= 11 is 0. The fraction of sp³-hybridized carbons (Fsp3) is 0.533. The highest BCUT2D eigenvalue weighted by molar-refractivity contribution is 5.90. The van der Waals surface area contributed by atoms with Crippen LogP contribution in [-0.2, 0) is 15.2 Å². The van der Waals surface area contributed by atoms with Gasteiger partial charge in [-0.3, -0.25) is 9.59 Å². The number of benzene rings is 2. The largest absolute Gasteiger partial charge is 0.481 e. The van der Waals surface area contributed by atoms with E-state index in [2.05, 4.69) is 12.2 Å². The van der Waals surface area contributed by atoms with E-state index in [1.165, 1.54) is 44.9 Å². The highest BCUT2D eigenvalue weighted by Crippen LogP contribution is 2.60. The Balaban J connectivity index is 1.40. The van der Waals surface area contributed by atoms with Crippen molar-refractivity contribution in [3.63, 3.8) is 0 Å². The van der Waals surface area contributed by atoms with Crippen LogP contribution in [0.25, 0.3) is 0 Å². The Morgan fingerprint density at radius 2 is 1.29 bits per heavy atom. The molecule has 0 radical (unpaired) electrons. The van der Waals surface area contributed by atoms with E-state index in [4.69, 9.17) is 0 Å². The molecule has 3 aliphatic rings. The van der Waals surface area contributed by atoms with Gasteiger partial charge in [0.15, 0.2) is 0 Å². The number of nitrogens with one attached hydrogen (secondary N) is 1. The molecule has 2 aromatic carbocycles. The van der Waals surface area contributed by atoms with Crippen LogP contribution in [0.4, 0.5) is 0 Å². The van der Waals surface area contributed by atoms with E-state index in [1.807, 2.05) is 36.4 Å². The summed E-state index contributed by atoms with van der Waals surface area (Å²) in [6.45, 7) is 2.77. The monoisotopic (exact) mass is 477 g/mol. The number of carboxylic acid groups (broad SMARTS) is 1. The number of unbranched alkanes of at least 4 members (excludes halogenated alkanes) is 9. The SMILES string of the molecule is CCCCCCCCCCCCNC(=O)C1C2c3ccccc3C(O)(c3ccccc32)C1C(=O)O. The highest BCUT2D eigenvalue weighted by Gasteiger charge is 2.63. The van der Waals surface area contributed by atoms with Crippen LogP contribution in [0, 0.1) is 11.8 Å². The molecule has 0 spiro atoms. The number of carbonyl (C=O) groups is 2. The lowest BCUT2D eigenvalue weighted by Gasteiger charge is -2.53. The Bertz CT molecular complexity index is 985. The molecule has 0 aliphatic heterocycles. The van der Waals surface area contributed by atoms with Crippen LogP contribution < -0.4 is 5.32 Å². The molecule has 0 saturated heterocycles. The van der Waals surface area contributed by atoms with Gasteiger partial charge in [-0.1, -0.05) is 113 Å². The lowest BCUT2D eigenvalue weighted by Crippen LogP contribution is -2.58. The van der Waals surface area contributed by atoms with Crippen molar-refractivity contribution in [2.75, 3.05) is 6.54 Å². The summed E-state index contributed by atoms with van der Waals surface area (Å²) < 4.78 is 0. The molecule has 2 bridgehead atoms. The van der Waals surface area contributed by atoms with Gasteiger partial charge in [0.1, 0.15) is 11.5 Å². The summed E-state index contributed by atoms with van der Waals surface area (Å²) in [4.78, 5) is 25.9. The number of hydrogen-bond acceptors (Lipinski definition) is 3. The third-order valence-electron chi connectivity index (χ3n) is 7.98. The number of rotatable bonds is 13. The summed E-state index contributed by atoms with van der Waals surface area (Å²) in [6, 6.07) is 14.8. The van der Waals surface area contributed by atoms with Crippen LogP contribution in [0.5, 0.6) is 0 Å². The minimum atomic E-state index is -1.73. The number of aliphatic hydroxyl groups is 1. The van der Waals surface area contributed by atoms with Crippen molar-refractivity contribution < 1.29 is 19.8 Å². The van der Waals surface area contributed by atoms with E-state index in [-0.39, 0.29) is 11.8 Å². The molecule has 3 aliphatic carbocycles. The third kappa shape index (κ3) is 4.88. The zero-order valence-corrected chi connectivity index (χ0v) is 20.8. The Morgan fingerprint density at radius 1 is 0.800 bits per heavy atom. The summed E-state index contributed by atoms with van der Waals surface area (Å²) in [6.07, 6.45) is 12.2. The van der Waals surface area contributed by atoms with Crippen molar-refractivity contribution in [1.82, 2.24) is 5.32 Å². The maximum Gasteiger partial charge on any atom is 0.311 e. The maximum atomic E-state index is 13.4. The Kier molecular flexibility index (Phi) is 8.27. The number of aliphatic carboxylic acids is 1. The number of hydrogen-bond donors (Lipinski definition) is 3. The first kappa shape index (κ1) is 25.4. The van der Waals surface area contributed by atoms with Gasteiger partial charge in [0, 0.05) is 12.5 Å².